The lowest BCUT2D eigenvalue weighted by Gasteiger charge is -2.38. The minimum atomic E-state index is -0.375. The van der Waals surface area contributed by atoms with Gasteiger partial charge in [0.05, 0.1) is 5.60 Å². The molecule has 1 atom stereocenters. The molecule has 2 aliphatic rings. The molecule has 0 amide bonds. The van der Waals surface area contributed by atoms with Crippen LogP contribution in [0.1, 0.15) is 32.1 Å². The molecule has 0 aromatic carbocycles. The van der Waals surface area contributed by atoms with Gasteiger partial charge in [-0.3, -0.25) is 0 Å². The van der Waals surface area contributed by atoms with Crippen molar-refractivity contribution in [2.24, 2.45) is 0 Å². The van der Waals surface area contributed by atoms with Crippen molar-refractivity contribution < 1.29 is 5.11 Å². The molecule has 0 saturated carbocycles. The molecule has 2 nitrogen and oxygen atoms in total. The lowest BCUT2D eigenvalue weighted by atomic mass is 9.98. The van der Waals surface area contributed by atoms with Gasteiger partial charge in [-0.25, -0.2) is 0 Å². The van der Waals surface area contributed by atoms with Gasteiger partial charge in [0.25, 0.3) is 0 Å². The number of β-amino-alcohol motifs (C(OH)–C–C–N with tert-alkyl or cyclic N) is 1. The molecule has 2 saturated heterocycles. The van der Waals surface area contributed by atoms with Crippen LogP contribution in [0.3, 0.4) is 0 Å². The van der Waals surface area contributed by atoms with Crippen molar-refractivity contribution in [3.63, 3.8) is 0 Å². The van der Waals surface area contributed by atoms with E-state index in [4.69, 9.17) is 0 Å². The van der Waals surface area contributed by atoms with Gasteiger partial charge in [0.15, 0.2) is 0 Å². The highest BCUT2D eigenvalue weighted by Crippen LogP contribution is 2.28. The largest absolute Gasteiger partial charge is 0.388 e. The van der Waals surface area contributed by atoms with E-state index in [0.717, 1.165) is 18.7 Å². The van der Waals surface area contributed by atoms with Gasteiger partial charge in [0, 0.05) is 12.3 Å². The van der Waals surface area contributed by atoms with E-state index in [2.05, 4.69) is 4.90 Å². The van der Waals surface area contributed by atoms with Crippen LogP contribution in [-0.4, -0.2) is 46.7 Å². The molecule has 0 aromatic rings. The van der Waals surface area contributed by atoms with Crippen LogP contribution in [0.2, 0.25) is 0 Å². The summed E-state index contributed by atoms with van der Waals surface area (Å²) in [6, 6.07) is 0. The van der Waals surface area contributed by atoms with E-state index in [9.17, 15) is 5.11 Å². The molecular weight excluding hydrogens is 194 g/mol. The molecule has 1 N–H and O–H groups in total. The zero-order valence-corrected chi connectivity index (χ0v) is 9.69. The average molecular weight is 215 g/mol. The maximum absolute atomic E-state index is 10.4. The Labute approximate surface area is 91.1 Å². The molecular formula is C11H21NOS. The highest BCUT2D eigenvalue weighted by molar-refractivity contribution is 7.99. The standard InChI is InChI=1S/C11H21NOS/c13-11(5-4-8-14-10-11)9-12-6-2-1-3-7-12/h13H,1-10H2. The first-order valence-electron chi connectivity index (χ1n) is 5.81. The number of aliphatic hydroxyl groups is 1. The molecule has 0 radical (unpaired) electrons. The third kappa shape index (κ3) is 2.88. The number of likely N-dealkylation sites (tertiary alicyclic amines) is 1. The number of hydrogen-bond acceptors (Lipinski definition) is 3. The van der Waals surface area contributed by atoms with Gasteiger partial charge in [-0.2, -0.15) is 11.8 Å². The van der Waals surface area contributed by atoms with Crippen LogP contribution < -0.4 is 0 Å². The number of hydrogen-bond donors (Lipinski definition) is 1. The molecule has 82 valence electrons. The Bertz CT molecular complexity index is 174. The van der Waals surface area contributed by atoms with E-state index in [1.54, 1.807) is 0 Å². The molecule has 2 heterocycles. The van der Waals surface area contributed by atoms with Crippen molar-refractivity contribution in [2.45, 2.75) is 37.7 Å². The van der Waals surface area contributed by atoms with Crippen molar-refractivity contribution in [1.82, 2.24) is 4.90 Å². The maximum atomic E-state index is 10.4. The third-order valence-electron chi connectivity index (χ3n) is 3.27. The summed E-state index contributed by atoms with van der Waals surface area (Å²) in [5, 5.41) is 10.4. The van der Waals surface area contributed by atoms with Gasteiger partial charge in [-0.1, -0.05) is 6.42 Å². The first-order valence-corrected chi connectivity index (χ1v) is 6.97. The second-order valence-electron chi connectivity index (χ2n) is 4.72. The highest BCUT2D eigenvalue weighted by atomic mass is 32.2. The Morgan fingerprint density at radius 3 is 2.57 bits per heavy atom. The minimum absolute atomic E-state index is 0.375. The maximum Gasteiger partial charge on any atom is 0.0864 e. The second-order valence-corrected chi connectivity index (χ2v) is 5.82. The Kier molecular flexibility index (Phi) is 3.74. The summed E-state index contributed by atoms with van der Waals surface area (Å²) in [6.45, 7) is 3.32. The molecule has 1 unspecified atom stereocenters. The van der Waals surface area contributed by atoms with Crippen LogP contribution in [0.4, 0.5) is 0 Å². The van der Waals surface area contributed by atoms with E-state index in [1.165, 1.54) is 44.5 Å². The van der Waals surface area contributed by atoms with Crippen LogP contribution in [0, 0.1) is 0 Å². The summed E-state index contributed by atoms with van der Waals surface area (Å²) < 4.78 is 0. The van der Waals surface area contributed by atoms with Gasteiger partial charge < -0.3 is 10.0 Å². The first kappa shape index (κ1) is 10.8. The number of rotatable bonds is 2. The van der Waals surface area contributed by atoms with Crippen molar-refractivity contribution in [3.05, 3.63) is 0 Å². The van der Waals surface area contributed by atoms with Gasteiger partial charge in [0.2, 0.25) is 0 Å². The van der Waals surface area contributed by atoms with Crippen LogP contribution in [0.5, 0.6) is 0 Å². The van der Waals surface area contributed by atoms with Crippen LogP contribution in [0.25, 0.3) is 0 Å². The number of piperidine rings is 1. The molecule has 0 aromatic heterocycles. The summed E-state index contributed by atoms with van der Waals surface area (Å²) >= 11 is 1.91. The van der Waals surface area contributed by atoms with E-state index in [-0.39, 0.29) is 5.60 Å². The van der Waals surface area contributed by atoms with Gasteiger partial charge in [-0.05, 0) is 44.5 Å². The second kappa shape index (κ2) is 4.86. The van der Waals surface area contributed by atoms with E-state index in [1.807, 2.05) is 11.8 Å². The van der Waals surface area contributed by atoms with Crippen molar-refractivity contribution >= 4 is 11.8 Å². The first-order chi connectivity index (χ1) is 6.79. The monoisotopic (exact) mass is 215 g/mol. The third-order valence-corrected chi connectivity index (χ3v) is 4.59. The fourth-order valence-corrected chi connectivity index (χ4v) is 3.60. The fourth-order valence-electron chi connectivity index (χ4n) is 2.50. The van der Waals surface area contributed by atoms with E-state index >= 15 is 0 Å². The SMILES string of the molecule is OC1(CN2CCCCC2)CCCSC1. The van der Waals surface area contributed by atoms with Gasteiger partial charge in [-0.15, -0.1) is 0 Å². The summed E-state index contributed by atoms with van der Waals surface area (Å²) in [5.41, 5.74) is -0.375. The average Bonchev–Trinajstić information content (AvgIpc) is 2.19. The van der Waals surface area contributed by atoms with Crippen LogP contribution in [-0.2, 0) is 0 Å². The fraction of sp³-hybridized carbons (Fsp3) is 1.00. The predicted octanol–water partition coefficient (Wildman–Crippen LogP) is 1.73. The molecule has 0 aliphatic carbocycles. The van der Waals surface area contributed by atoms with Gasteiger partial charge >= 0.3 is 0 Å². The molecule has 2 aliphatic heterocycles. The van der Waals surface area contributed by atoms with Crippen LogP contribution in [0.15, 0.2) is 0 Å². The lowest BCUT2D eigenvalue weighted by molar-refractivity contribution is 0.00899. The molecule has 0 bridgehead atoms. The zero-order chi connectivity index (χ0) is 9.86. The zero-order valence-electron chi connectivity index (χ0n) is 8.87. The summed E-state index contributed by atoms with van der Waals surface area (Å²) in [7, 11) is 0. The summed E-state index contributed by atoms with van der Waals surface area (Å²) in [4.78, 5) is 2.45. The van der Waals surface area contributed by atoms with Gasteiger partial charge in [0.1, 0.15) is 0 Å². The number of nitrogens with zero attached hydrogens (tertiary/aromatic N) is 1. The molecule has 0 spiro atoms. The highest BCUT2D eigenvalue weighted by Gasteiger charge is 2.31. The minimum Gasteiger partial charge on any atom is -0.388 e. The number of thioether (sulfide) groups is 1. The molecule has 14 heavy (non-hydrogen) atoms. The normalized spacial score (nSPS) is 35.8. The van der Waals surface area contributed by atoms with Crippen molar-refractivity contribution in [1.29, 1.82) is 0 Å². The van der Waals surface area contributed by atoms with Crippen LogP contribution >= 0.6 is 11.8 Å². The summed E-state index contributed by atoms with van der Waals surface area (Å²) in [5.74, 6) is 2.19. The van der Waals surface area contributed by atoms with E-state index in [0.29, 0.717) is 0 Å². The quantitative estimate of drug-likeness (QED) is 0.759. The Balaban J connectivity index is 1.81. The Morgan fingerprint density at radius 2 is 1.93 bits per heavy atom. The molecule has 3 heteroatoms. The predicted molar refractivity (Wildman–Crippen MR) is 61.8 cm³/mol. The lowest BCUT2D eigenvalue weighted by Crippen LogP contribution is -2.48. The summed E-state index contributed by atoms with van der Waals surface area (Å²) in [6.07, 6.45) is 6.22. The Morgan fingerprint density at radius 1 is 1.14 bits per heavy atom. The van der Waals surface area contributed by atoms with Crippen molar-refractivity contribution in [3.8, 4) is 0 Å². The molecule has 2 rings (SSSR count). The Hall–Kier alpha value is 0.270. The smallest absolute Gasteiger partial charge is 0.0864 e. The van der Waals surface area contributed by atoms with Crippen molar-refractivity contribution in [2.75, 3.05) is 31.1 Å². The van der Waals surface area contributed by atoms with E-state index < -0.39 is 0 Å². The molecule has 2 fully saturated rings. The topological polar surface area (TPSA) is 23.5 Å².